The summed E-state index contributed by atoms with van der Waals surface area (Å²) in [5.41, 5.74) is 0. The van der Waals surface area contributed by atoms with Gasteiger partial charge in [0.2, 0.25) is 0 Å². The third-order valence-electron chi connectivity index (χ3n) is 4.15. The molecule has 0 N–H and O–H groups in total. The van der Waals surface area contributed by atoms with Crippen molar-refractivity contribution >= 4 is 23.3 Å². The Morgan fingerprint density at radius 2 is 1.82 bits per heavy atom. The molecule has 3 heteroatoms. The number of carbonyl (C=O) groups is 2. The molecule has 2 rings (SSSR count). The fourth-order valence-corrected chi connectivity index (χ4v) is 3.95. The highest BCUT2D eigenvalue weighted by Gasteiger charge is 2.36. The molecule has 0 aromatic carbocycles. The van der Waals surface area contributed by atoms with Gasteiger partial charge in [-0.05, 0) is 44.3 Å². The molecule has 0 saturated heterocycles. The van der Waals surface area contributed by atoms with E-state index in [1.165, 1.54) is 0 Å². The van der Waals surface area contributed by atoms with E-state index >= 15 is 0 Å². The fourth-order valence-electron chi connectivity index (χ4n) is 2.81. The third-order valence-corrected chi connectivity index (χ3v) is 5.28. The van der Waals surface area contributed by atoms with Crippen molar-refractivity contribution in [2.24, 2.45) is 17.8 Å². The predicted molar refractivity (Wildman–Crippen MR) is 71.2 cm³/mol. The van der Waals surface area contributed by atoms with E-state index in [1.54, 1.807) is 11.8 Å². The van der Waals surface area contributed by atoms with E-state index in [0.717, 1.165) is 38.0 Å². The van der Waals surface area contributed by atoms with Gasteiger partial charge in [0.15, 0.2) is 0 Å². The highest BCUT2D eigenvalue weighted by Crippen LogP contribution is 2.37. The second kappa shape index (κ2) is 5.55. The van der Waals surface area contributed by atoms with Crippen molar-refractivity contribution in [2.45, 2.75) is 50.7 Å². The minimum Gasteiger partial charge on any atom is -0.299 e. The summed E-state index contributed by atoms with van der Waals surface area (Å²) in [6.45, 7) is 2.26. The van der Waals surface area contributed by atoms with Gasteiger partial charge in [0.05, 0.1) is 6.42 Å². The van der Waals surface area contributed by atoms with E-state index in [0.29, 0.717) is 5.25 Å². The van der Waals surface area contributed by atoms with Crippen LogP contribution in [0.5, 0.6) is 0 Å². The van der Waals surface area contributed by atoms with Crippen molar-refractivity contribution in [2.75, 3.05) is 6.26 Å². The number of rotatable bonds is 5. The zero-order valence-corrected chi connectivity index (χ0v) is 11.6. The summed E-state index contributed by atoms with van der Waals surface area (Å²) < 4.78 is 0. The van der Waals surface area contributed by atoms with E-state index < -0.39 is 0 Å². The predicted octanol–water partition coefficient (Wildman–Crippen LogP) is 3.09. The van der Waals surface area contributed by atoms with Crippen LogP contribution in [0.3, 0.4) is 0 Å². The first-order chi connectivity index (χ1) is 8.11. The van der Waals surface area contributed by atoms with Crippen molar-refractivity contribution < 1.29 is 9.59 Å². The first-order valence-electron chi connectivity index (χ1n) is 6.70. The Morgan fingerprint density at radius 1 is 1.12 bits per heavy atom. The van der Waals surface area contributed by atoms with Crippen LogP contribution < -0.4 is 0 Å². The van der Waals surface area contributed by atoms with Crippen LogP contribution in [0.2, 0.25) is 0 Å². The number of ketones is 2. The number of hydrogen-bond acceptors (Lipinski definition) is 3. The highest BCUT2D eigenvalue weighted by molar-refractivity contribution is 7.99. The van der Waals surface area contributed by atoms with Gasteiger partial charge in [0, 0.05) is 17.1 Å². The number of carbonyl (C=O) groups excluding carboxylic acids is 2. The summed E-state index contributed by atoms with van der Waals surface area (Å²) >= 11 is 1.80. The molecule has 2 aliphatic rings. The summed E-state index contributed by atoms with van der Waals surface area (Å²) in [6.07, 6.45) is 7.59. The summed E-state index contributed by atoms with van der Waals surface area (Å²) in [6, 6.07) is 0. The molecule has 0 bridgehead atoms. The molecular weight excluding hydrogens is 232 g/mol. The summed E-state index contributed by atoms with van der Waals surface area (Å²) in [5, 5.41) is 0.443. The molecule has 0 aromatic heterocycles. The average Bonchev–Trinajstić information content (AvgIpc) is 3.12. The van der Waals surface area contributed by atoms with Crippen molar-refractivity contribution in [3.63, 3.8) is 0 Å². The van der Waals surface area contributed by atoms with Gasteiger partial charge >= 0.3 is 0 Å². The van der Waals surface area contributed by atoms with Crippen LogP contribution in [0.15, 0.2) is 0 Å². The molecule has 17 heavy (non-hydrogen) atoms. The Hall–Kier alpha value is -0.310. The van der Waals surface area contributed by atoms with Crippen LogP contribution >= 0.6 is 11.8 Å². The van der Waals surface area contributed by atoms with E-state index in [2.05, 4.69) is 13.2 Å². The molecule has 0 aromatic rings. The molecule has 0 aliphatic heterocycles. The minimum absolute atomic E-state index is 0.142. The first-order valence-corrected chi connectivity index (χ1v) is 7.98. The topological polar surface area (TPSA) is 34.1 Å². The lowest BCUT2D eigenvalue weighted by Gasteiger charge is -2.32. The van der Waals surface area contributed by atoms with Gasteiger partial charge in [-0.15, -0.1) is 0 Å². The second-order valence-corrected chi connectivity index (χ2v) is 6.76. The summed E-state index contributed by atoms with van der Waals surface area (Å²) in [4.78, 5) is 23.9. The molecule has 0 amide bonds. The number of thioether (sulfide) groups is 1. The quantitative estimate of drug-likeness (QED) is 0.707. The average molecular weight is 254 g/mol. The van der Waals surface area contributed by atoms with Crippen LogP contribution in [-0.2, 0) is 9.59 Å². The Balaban J connectivity index is 1.90. The zero-order chi connectivity index (χ0) is 12.4. The van der Waals surface area contributed by atoms with E-state index in [4.69, 9.17) is 0 Å². The smallest absolute Gasteiger partial charge is 0.144 e. The molecule has 3 unspecified atom stereocenters. The van der Waals surface area contributed by atoms with Crippen molar-refractivity contribution in [3.05, 3.63) is 0 Å². The lowest BCUT2D eigenvalue weighted by molar-refractivity contribution is -0.130. The lowest BCUT2D eigenvalue weighted by atomic mass is 9.79. The largest absolute Gasteiger partial charge is 0.299 e. The van der Waals surface area contributed by atoms with Gasteiger partial charge in [-0.1, -0.05) is 6.92 Å². The number of Topliss-reactive ketones (excluding diaryl/α,β-unsaturated/α-hetero) is 2. The van der Waals surface area contributed by atoms with Gasteiger partial charge in [0.1, 0.15) is 11.6 Å². The van der Waals surface area contributed by atoms with E-state index in [1.807, 2.05) is 0 Å². The molecule has 0 radical (unpaired) electrons. The monoisotopic (exact) mass is 254 g/mol. The molecule has 0 heterocycles. The van der Waals surface area contributed by atoms with Crippen molar-refractivity contribution in [1.29, 1.82) is 0 Å². The van der Waals surface area contributed by atoms with Crippen LogP contribution in [0.1, 0.15) is 45.4 Å². The molecule has 2 nitrogen and oxygen atoms in total. The Labute approximate surface area is 108 Å². The van der Waals surface area contributed by atoms with Crippen LogP contribution in [0, 0.1) is 17.8 Å². The Bertz CT molecular complexity index is 309. The van der Waals surface area contributed by atoms with Gasteiger partial charge in [-0.25, -0.2) is 0 Å². The fraction of sp³-hybridized carbons (Fsp3) is 0.857. The Morgan fingerprint density at radius 3 is 2.41 bits per heavy atom. The van der Waals surface area contributed by atoms with Crippen LogP contribution in [0.25, 0.3) is 0 Å². The lowest BCUT2D eigenvalue weighted by Crippen LogP contribution is -2.33. The summed E-state index contributed by atoms with van der Waals surface area (Å²) in [5.74, 6) is 1.52. The van der Waals surface area contributed by atoms with E-state index in [-0.39, 0.29) is 29.8 Å². The third kappa shape index (κ3) is 3.34. The maximum absolute atomic E-state index is 12.2. The first kappa shape index (κ1) is 13.1. The Kier molecular flexibility index (Phi) is 4.29. The van der Waals surface area contributed by atoms with Gasteiger partial charge in [-0.3, -0.25) is 9.59 Å². The summed E-state index contributed by atoms with van der Waals surface area (Å²) in [7, 11) is 0. The highest BCUT2D eigenvalue weighted by atomic mass is 32.2. The van der Waals surface area contributed by atoms with Gasteiger partial charge < -0.3 is 0 Å². The normalized spacial score (nSPS) is 33.4. The molecule has 3 atom stereocenters. The molecule has 2 saturated carbocycles. The molecular formula is C14H22O2S. The molecule has 0 spiro atoms. The molecule has 2 fully saturated rings. The van der Waals surface area contributed by atoms with Crippen LogP contribution in [0.4, 0.5) is 0 Å². The standard InChI is InChI=1S/C14H22O2S/c1-9-3-6-11(14(7-9)17-2)13(16)8-12(15)10-4-5-10/h9-11,14H,3-8H2,1-2H3. The second-order valence-electron chi connectivity index (χ2n) is 5.68. The van der Waals surface area contributed by atoms with Crippen molar-refractivity contribution in [3.8, 4) is 0 Å². The van der Waals surface area contributed by atoms with E-state index in [9.17, 15) is 9.59 Å². The SMILES string of the molecule is CSC1CC(C)CCC1C(=O)CC(=O)C1CC1. The van der Waals surface area contributed by atoms with Crippen LogP contribution in [-0.4, -0.2) is 23.1 Å². The molecule has 2 aliphatic carbocycles. The zero-order valence-electron chi connectivity index (χ0n) is 10.8. The maximum Gasteiger partial charge on any atom is 0.144 e. The molecule has 96 valence electrons. The van der Waals surface area contributed by atoms with Gasteiger partial charge in [-0.2, -0.15) is 11.8 Å². The minimum atomic E-state index is 0.142. The van der Waals surface area contributed by atoms with Crippen molar-refractivity contribution in [1.82, 2.24) is 0 Å². The number of hydrogen-bond donors (Lipinski definition) is 0. The van der Waals surface area contributed by atoms with Gasteiger partial charge in [0.25, 0.3) is 0 Å². The maximum atomic E-state index is 12.2.